The van der Waals surface area contributed by atoms with E-state index >= 15 is 0 Å². The lowest BCUT2D eigenvalue weighted by Crippen LogP contribution is -2.40. The van der Waals surface area contributed by atoms with E-state index in [2.05, 4.69) is 22.4 Å². The van der Waals surface area contributed by atoms with Crippen LogP contribution in [0, 0.1) is 0 Å². The number of aromatic amines is 1. The van der Waals surface area contributed by atoms with Gasteiger partial charge in [-0.2, -0.15) is 0 Å². The van der Waals surface area contributed by atoms with Gasteiger partial charge in [-0.1, -0.05) is 18.2 Å². The first-order valence-corrected chi connectivity index (χ1v) is 6.33. The SMILES string of the molecule is OC1(CNCc2c[nH]c3ccccc23)CCOC1. The van der Waals surface area contributed by atoms with Gasteiger partial charge in [-0.25, -0.2) is 0 Å². The summed E-state index contributed by atoms with van der Waals surface area (Å²) in [5.74, 6) is 0. The molecule has 4 nitrogen and oxygen atoms in total. The van der Waals surface area contributed by atoms with Crippen LogP contribution in [-0.4, -0.2) is 35.5 Å². The van der Waals surface area contributed by atoms with E-state index in [0.717, 1.165) is 12.1 Å². The Balaban J connectivity index is 1.63. The number of para-hydroxylation sites is 1. The minimum atomic E-state index is -0.688. The van der Waals surface area contributed by atoms with E-state index in [1.165, 1.54) is 10.9 Å². The summed E-state index contributed by atoms with van der Waals surface area (Å²) in [4.78, 5) is 3.25. The first-order chi connectivity index (χ1) is 8.77. The molecule has 3 rings (SSSR count). The zero-order chi connectivity index (χ0) is 12.4. The summed E-state index contributed by atoms with van der Waals surface area (Å²) in [6, 6.07) is 8.24. The minimum absolute atomic E-state index is 0.438. The Labute approximate surface area is 106 Å². The summed E-state index contributed by atoms with van der Waals surface area (Å²) in [6.07, 6.45) is 2.74. The van der Waals surface area contributed by atoms with Crippen LogP contribution in [-0.2, 0) is 11.3 Å². The van der Waals surface area contributed by atoms with Crippen LogP contribution in [0.1, 0.15) is 12.0 Å². The van der Waals surface area contributed by atoms with Crippen LogP contribution in [0.4, 0.5) is 0 Å². The Morgan fingerprint density at radius 1 is 1.39 bits per heavy atom. The smallest absolute Gasteiger partial charge is 0.102 e. The highest BCUT2D eigenvalue weighted by atomic mass is 16.5. The lowest BCUT2D eigenvalue weighted by Gasteiger charge is -2.20. The molecule has 1 aromatic carbocycles. The van der Waals surface area contributed by atoms with E-state index in [1.54, 1.807) is 0 Å². The predicted molar refractivity (Wildman–Crippen MR) is 70.4 cm³/mol. The third-order valence-corrected chi connectivity index (χ3v) is 3.53. The van der Waals surface area contributed by atoms with Crippen molar-refractivity contribution in [3.05, 3.63) is 36.0 Å². The number of benzene rings is 1. The van der Waals surface area contributed by atoms with Crippen LogP contribution in [0.2, 0.25) is 0 Å². The summed E-state index contributed by atoms with van der Waals surface area (Å²) in [5.41, 5.74) is 1.69. The molecule has 1 aromatic heterocycles. The van der Waals surface area contributed by atoms with Gasteiger partial charge in [0.25, 0.3) is 0 Å². The first kappa shape index (κ1) is 11.7. The molecule has 1 atom stereocenters. The second-order valence-corrected chi connectivity index (χ2v) is 4.99. The van der Waals surface area contributed by atoms with Crippen molar-refractivity contribution in [2.24, 2.45) is 0 Å². The van der Waals surface area contributed by atoms with Gasteiger partial charge in [0.1, 0.15) is 5.60 Å². The van der Waals surface area contributed by atoms with Crippen LogP contribution in [0.3, 0.4) is 0 Å². The van der Waals surface area contributed by atoms with Gasteiger partial charge in [-0.05, 0) is 11.6 Å². The minimum Gasteiger partial charge on any atom is -0.386 e. The zero-order valence-corrected chi connectivity index (χ0v) is 10.3. The van der Waals surface area contributed by atoms with Crippen molar-refractivity contribution in [3.8, 4) is 0 Å². The third kappa shape index (κ3) is 2.27. The third-order valence-electron chi connectivity index (χ3n) is 3.53. The maximum absolute atomic E-state index is 10.1. The lowest BCUT2D eigenvalue weighted by molar-refractivity contribution is 0.0269. The number of aliphatic hydroxyl groups is 1. The fourth-order valence-corrected chi connectivity index (χ4v) is 2.44. The molecule has 96 valence electrons. The van der Waals surface area contributed by atoms with E-state index in [4.69, 9.17) is 4.74 Å². The van der Waals surface area contributed by atoms with E-state index < -0.39 is 5.60 Å². The number of ether oxygens (including phenoxy) is 1. The first-order valence-electron chi connectivity index (χ1n) is 6.33. The molecular weight excluding hydrogens is 228 g/mol. The number of rotatable bonds is 4. The standard InChI is InChI=1S/C14H18N2O2/c17-14(5-6-18-10-14)9-15-7-11-8-16-13-4-2-1-3-12(11)13/h1-4,8,15-17H,5-7,9-10H2. The van der Waals surface area contributed by atoms with Gasteiger partial charge in [0.05, 0.1) is 6.61 Å². The molecule has 0 radical (unpaired) electrons. The monoisotopic (exact) mass is 246 g/mol. The van der Waals surface area contributed by atoms with Crippen molar-refractivity contribution in [1.82, 2.24) is 10.3 Å². The molecular formula is C14H18N2O2. The molecule has 1 aliphatic heterocycles. The fraction of sp³-hybridized carbons (Fsp3) is 0.429. The molecule has 1 fully saturated rings. The van der Waals surface area contributed by atoms with Crippen LogP contribution in [0.5, 0.6) is 0 Å². The topological polar surface area (TPSA) is 57.3 Å². The Hall–Kier alpha value is -1.36. The Morgan fingerprint density at radius 2 is 2.28 bits per heavy atom. The van der Waals surface area contributed by atoms with Gasteiger partial charge in [0, 0.05) is 43.2 Å². The quantitative estimate of drug-likeness (QED) is 0.764. The van der Waals surface area contributed by atoms with Crippen molar-refractivity contribution in [3.63, 3.8) is 0 Å². The maximum atomic E-state index is 10.1. The predicted octanol–water partition coefficient (Wildman–Crippen LogP) is 1.41. The van der Waals surface area contributed by atoms with Crippen LogP contribution in [0.15, 0.2) is 30.5 Å². The average molecular weight is 246 g/mol. The highest BCUT2D eigenvalue weighted by molar-refractivity contribution is 5.82. The van der Waals surface area contributed by atoms with Crippen molar-refractivity contribution in [2.75, 3.05) is 19.8 Å². The van der Waals surface area contributed by atoms with Gasteiger partial charge < -0.3 is 20.1 Å². The molecule has 0 saturated carbocycles. The van der Waals surface area contributed by atoms with Crippen molar-refractivity contribution in [1.29, 1.82) is 0 Å². The van der Waals surface area contributed by atoms with Gasteiger partial charge >= 0.3 is 0 Å². The normalized spacial score (nSPS) is 23.8. The van der Waals surface area contributed by atoms with Crippen LogP contribution in [0.25, 0.3) is 10.9 Å². The fourth-order valence-electron chi connectivity index (χ4n) is 2.44. The Morgan fingerprint density at radius 3 is 3.11 bits per heavy atom. The molecule has 2 aromatic rings. The number of nitrogens with one attached hydrogen (secondary N) is 2. The maximum Gasteiger partial charge on any atom is 0.102 e. The molecule has 1 saturated heterocycles. The van der Waals surface area contributed by atoms with Crippen LogP contribution >= 0.6 is 0 Å². The van der Waals surface area contributed by atoms with Crippen molar-refractivity contribution in [2.45, 2.75) is 18.6 Å². The molecule has 18 heavy (non-hydrogen) atoms. The summed E-state index contributed by atoms with van der Waals surface area (Å²) < 4.78 is 5.22. The number of aromatic nitrogens is 1. The number of hydrogen-bond donors (Lipinski definition) is 3. The lowest BCUT2D eigenvalue weighted by atomic mass is 10.0. The summed E-state index contributed by atoms with van der Waals surface area (Å²) in [7, 11) is 0. The summed E-state index contributed by atoms with van der Waals surface area (Å²) >= 11 is 0. The van der Waals surface area contributed by atoms with Crippen LogP contribution < -0.4 is 5.32 Å². The number of H-pyrrole nitrogens is 1. The molecule has 0 spiro atoms. The molecule has 0 bridgehead atoms. The molecule has 0 aliphatic carbocycles. The molecule has 2 heterocycles. The Bertz CT molecular complexity index is 529. The Kier molecular flexibility index (Phi) is 3.07. The second-order valence-electron chi connectivity index (χ2n) is 4.99. The van der Waals surface area contributed by atoms with E-state index in [-0.39, 0.29) is 0 Å². The molecule has 4 heteroatoms. The summed E-state index contributed by atoms with van der Waals surface area (Å²) in [6.45, 7) is 2.43. The van der Waals surface area contributed by atoms with Crippen molar-refractivity contribution >= 4 is 10.9 Å². The molecule has 1 aliphatic rings. The molecule has 0 amide bonds. The number of hydrogen-bond acceptors (Lipinski definition) is 3. The summed E-state index contributed by atoms with van der Waals surface area (Å²) in [5, 5.41) is 14.7. The largest absolute Gasteiger partial charge is 0.386 e. The van der Waals surface area contributed by atoms with E-state index in [9.17, 15) is 5.11 Å². The van der Waals surface area contributed by atoms with Gasteiger partial charge in [-0.3, -0.25) is 0 Å². The van der Waals surface area contributed by atoms with E-state index in [1.807, 2.05) is 18.3 Å². The average Bonchev–Trinajstić information content (AvgIpc) is 2.97. The zero-order valence-electron chi connectivity index (χ0n) is 10.3. The van der Waals surface area contributed by atoms with Crippen molar-refractivity contribution < 1.29 is 9.84 Å². The highest BCUT2D eigenvalue weighted by Crippen LogP contribution is 2.19. The van der Waals surface area contributed by atoms with Gasteiger partial charge in [-0.15, -0.1) is 0 Å². The number of fused-ring (bicyclic) bond motifs is 1. The highest BCUT2D eigenvalue weighted by Gasteiger charge is 2.31. The van der Waals surface area contributed by atoms with Gasteiger partial charge in [0.15, 0.2) is 0 Å². The van der Waals surface area contributed by atoms with E-state index in [0.29, 0.717) is 26.2 Å². The molecule has 1 unspecified atom stereocenters. The second kappa shape index (κ2) is 4.72. The van der Waals surface area contributed by atoms with Gasteiger partial charge in [0.2, 0.25) is 0 Å². The molecule has 3 N–H and O–H groups in total.